The molecule has 0 bridgehead atoms. The summed E-state index contributed by atoms with van der Waals surface area (Å²) in [6.45, 7) is 13.7. The van der Waals surface area contributed by atoms with Crippen LogP contribution in [0.25, 0.3) is 6.08 Å². The van der Waals surface area contributed by atoms with Crippen LogP contribution in [0.3, 0.4) is 0 Å². The van der Waals surface area contributed by atoms with E-state index in [-0.39, 0.29) is 11.2 Å². The van der Waals surface area contributed by atoms with Gasteiger partial charge in [0.2, 0.25) is 0 Å². The predicted molar refractivity (Wildman–Crippen MR) is 125 cm³/mol. The number of nitrogens with zero attached hydrogens (tertiary/aromatic N) is 2. The molecule has 0 aliphatic carbocycles. The van der Waals surface area contributed by atoms with E-state index in [0.717, 1.165) is 30.9 Å². The molecule has 0 saturated carbocycles. The van der Waals surface area contributed by atoms with Crippen molar-refractivity contribution in [2.24, 2.45) is 0 Å². The van der Waals surface area contributed by atoms with Crippen LogP contribution < -0.4 is 9.80 Å². The number of anilines is 2. The number of rotatable bonds is 7. The smallest absolute Gasteiger partial charge is 0.180 e. The van der Waals surface area contributed by atoms with Crippen LogP contribution in [0.4, 0.5) is 11.4 Å². The molecule has 0 unspecified atom stereocenters. The quantitative estimate of drug-likeness (QED) is 0.559. The molecular weight excluding hydrogens is 356 g/mol. The van der Waals surface area contributed by atoms with Crippen molar-refractivity contribution in [3.8, 4) is 0 Å². The fourth-order valence-electron chi connectivity index (χ4n) is 4.19. The maximum absolute atomic E-state index is 12.7. The van der Waals surface area contributed by atoms with Gasteiger partial charge in [0.05, 0.1) is 0 Å². The molecule has 0 aromatic heterocycles. The van der Waals surface area contributed by atoms with Crippen molar-refractivity contribution >= 4 is 23.2 Å². The number of carbonyl (C=O) groups is 1. The zero-order valence-electron chi connectivity index (χ0n) is 18.3. The van der Waals surface area contributed by atoms with E-state index in [4.69, 9.17) is 0 Å². The minimum absolute atomic E-state index is 0.0205. The molecule has 2 aromatic carbocycles. The molecule has 0 fully saturated rings. The third kappa shape index (κ3) is 4.14. The predicted octanol–water partition coefficient (Wildman–Crippen LogP) is 5.82. The zero-order valence-corrected chi connectivity index (χ0v) is 18.3. The molecule has 0 spiro atoms. The molecule has 1 aliphatic heterocycles. The molecule has 152 valence electrons. The summed E-state index contributed by atoms with van der Waals surface area (Å²) in [6.07, 6.45) is 5.37. The summed E-state index contributed by atoms with van der Waals surface area (Å²) in [5, 5.41) is 0. The van der Waals surface area contributed by atoms with Gasteiger partial charge in [-0.1, -0.05) is 50.3 Å². The van der Waals surface area contributed by atoms with Crippen molar-refractivity contribution in [1.82, 2.24) is 0 Å². The molecule has 3 nitrogen and oxygen atoms in total. The summed E-state index contributed by atoms with van der Waals surface area (Å²) in [7, 11) is 0. The van der Waals surface area contributed by atoms with Gasteiger partial charge in [0.25, 0.3) is 0 Å². The number of hydrogen-bond acceptors (Lipinski definition) is 3. The highest BCUT2D eigenvalue weighted by Crippen LogP contribution is 2.47. The Bertz CT molecular complexity index is 918. The lowest BCUT2D eigenvalue weighted by atomic mass is 9.83. The van der Waals surface area contributed by atoms with Crippen LogP contribution in [0.1, 0.15) is 45.7 Å². The third-order valence-corrected chi connectivity index (χ3v) is 5.86. The Morgan fingerprint density at radius 3 is 2.28 bits per heavy atom. The highest BCUT2D eigenvalue weighted by Gasteiger charge is 2.39. The number of allylic oxidation sites excluding steroid dienone is 3. The van der Waals surface area contributed by atoms with Gasteiger partial charge in [-0.3, -0.25) is 4.79 Å². The van der Waals surface area contributed by atoms with Crippen LogP contribution in [-0.4, -0.2) is 25.4 Å². The van der Waals surface area contributed by atoms with Crippen molar-refractivity contribution in [2.75, 3.05) is 29.4 Å². The number of para-hydroxylation sites is 1. The lowest BCUT2D eigenvalue weighted by Gasteiger charge is -2.25. The van der Waals surface area contributed by atoms with E-state index in [0.29, 0.717) is 0 Å². The third-order valence-electron chi connectivity index (χ3n) is 5.86. The van der Waals surface area contributed by atoms with Crippen molar-refractivity contribution in [3.05, 3.63) is 77.5 Å². The molecule has 3 rings (SSSR count). The SMILES string of the molecule is CCN(CC)c1ccc(C=CC(=O)C=C2N(CC)c3ccccc3C2(C)C)cc1. The van der Waals surface area contributed by atoms with Crippen LogP contribution in [0, 0.1) is 0 Å². The first kappa shape index (κ1) is 20.9. The Labute approximate surface area is 175 Å². The largest absolute Gasteiger partial charge is 0.372 e. The molecule has 1 aliphatic rings. The average Bonchev–Trinajstić information content (AvgIpc) is 2.95. The van der Waals surface area contributed by atoms with Crippen LogP contribution in [0.2, 0.25) is 0 Å². The van der Waals surface area contributed by atoms with E-state index < -0.39 is 0 Å². The summed E-state index contributed by atoms with van der Waals surface area (Å²) < 4.78 is 0. The van der Waals surface area contributed by atoms with Crippen LogP contribution in [0.5, 0.6) is 0 Å². The summed E-state index contributed by atoms with van der Waals surface area (Å²) in [5.74, 6) is 0.0205. The molecule has 0 N–H and O–H groups in total. The maximum Gasteiger partial charge on any atom is 0.180 e. The van der Waals surface area contributed by atoms with Gasteiger partial charge in [-0.25, -0.2) is 0 Å². The summed E-state index contributed by atoms with van der Waals surface area (Å²) in [5.41, 5.74) is 5.61. The normalized spacial score (nSPS) is 16.4. The lowest BCUT2D eigenvalue weighted by Crippen LogP contribution is -2.26. The number of carbonyl (C=O) groups excluding carboxylic acids is 1. The first-order chi connectivity index (χ1) is 13.9. The molecule has 29 heavy (non-hydrogen) atoms. The first-order valence-corrected chi connectivity index (χ1v) is 10.6. The van der Waals surface area contributed by atoms with Gasteiger partial charge in [-0.15, -0.1) is 0 Å². The Morgan fingerprint density at radius 2 is 1.66 bits per heavy atom. The Balaban J connectivity index is 1.80. The second-order valence-corrected chi connectivity index (χ2v) is 7.92. The first-order valence-electron chi connectivity index (χ1n) is 10.6. The van der Waals surface area contributed by atoms with Gasteiger partial charge in [-0.2, -0.15) is 0 Å². The topological polar surface area (TPSA) is 23.6 Å². The van der Waals surface area contributed by atoms with E-state index in [1.165, 1.54) is 16.9 Å². The standard InChI is InChI=1S/C26H32N2O/c1-6-27(7-2)21-16-13-20(14-17-21)15-18-22(29)19-25-26(4,5)23-11-9-10-12-24(23)28(25)8-3/h9-19H,6-8H2,1-5H3. The van der Waals surface area contributed by atoms with Crippen molar-refractivity contribution < 1.29 is 4.79 Å². The molecule has 0 amide bonds. The maximum atomic E-state index is 12.7. The molecule has 3 heteroatoms. The van der Waals surface area contributed by atoms with E-state index in [1.807, 2.05) is 6.08 Å². The molecular formula is C26H32N2O. The fraction of sp³-hybridized carbons (Fsp3) is 0.346. The Kier molecular flexibility index (Phi) is 6.26. The van der Waals surface area contributed by atoms with Crippen molar-refractivity contribution in [2.45, 2.75) is 40.0 Å². The zero-order chi connectivity index (χ0) is 21.0. The minimum atomic E-state index is -0.179. The summed E-state index contributed by atoms with van der Waals surface area (Å²) >= 11 is 0. The molecule has 0 radical (unpaired) electrons. The number of benzene rings is 2. The number of ketones is 1. The Morgan fingerprint density at radius 1 is 1.00 bits per heavy atom. The van der Waals surface area contributed by atoms with Gasteiger partial charge >= 0.3 is 0 Å². The van der Waals surface area contributed by atoms with Gasteiger partial charge in [0.15, 0.2) is 5.78 Å². The fourth-order valence-corrected chi connectivity index (χ4v) is 4.19. The highest BCUT2D eigenvalue weighted by molar-refractivity contribution is 6.03. The Hall–Kier alpha value is -2.81. The molecule has 1 heterocycles. The van der Waals surface area contributed by atoms with Gasteiger partial charge in [0.1, 0.15) is 0 Å². The second kappa shape index (κ2) is 8.69. The van der Waals surface area contributed by atoms with Crippen LogP contribution in [-0.2, 0) is 10.2 Å². The summed E-state index contributed by atoms with van der Waals surface area (Å²) in [4.78, 5) is 17.3. The highest BCUT2D eigenvalue weighted by atomic mass is 16.1. The van der Waals surface area contributed by atoms with E-state index >= 15 is 0 Å². The second-order valence-electron chi connectivity index (χ2n) is 7.92. The number of fused-ring (bicyclic) bond motifs is 1. The van der Waals surface area contributed by atoms with E-state index in [9.17, 15) is 4.79 Å². The average molecular weight is 389 g/mol. The lowest BCUT2D eigenvalue weighted by molar-refractivity contribution is -0.110. The van der Waals surface area contributed by atoms with Crippen molar-refractivity contribution in [3.63, 3.8) is 0 Å². The number of likely N-dealkylation sites (N-methyl/N-ethyl adjacent to an activating group) is 1. The molecule has 0 saturated heterocycles. The van der Waals surface area contributed by atoms with Gasteiger partial charge in [0, 0.05) is 48.2 Å². The van der Waals surface area contributed by atoms with Gasteiger partial charge in [-0.05, 0) is 56.2 Å². The van der Waals surface area contributed by atoms with E-state index in [1.54, 1.807) is 12.2 Å². The van der Waals surface area contributed by atoms with Gasteiger partial charge < -0.3 is 9.80 Å². The van der Waals surface area contributed by atoms with E-state index in [2.05, 4.69) is 92.9 Å². The van der Waals surface area contributed by atoms with Crippen molar-refractivity contribution in [1.29, 1.82) is 0 Å². The summed E-state index contributed by atoms with van der Waals surface area (Å²) in [6, 6.07) is 16.8. The molecule has 0 atom stereocenters. The number of hydrogen-bond donors (Lipinski definition) is 0. The molecule has 2 aromatic rings. The monoisotopic (exact) mass is 388 g/mol. The van der Waals surface area contributed by atoms with Crippen LogP contribution >= 0.6 is 0 Å². The minimum Gasteiger partial charge on any atom is -0.372 e. The van der Waals surface area contributed by atoms with Crippen LogP contribution in [0.15, 0.2) is 66.4 Å².